The van der Waals surface area contributed by atoms with Gasteiger partial charge >= 0.3 is 5.97 Å². The number of likely N-dealkylation sites (N-methyl/N-ethyl adjacent to an activating group) is 1. The molecule has 1 fully saturated rings. The first kappa shape index (κ1) is 21.9. The minimum absolute atomic E-state index is 0.0139. The van der Waals surface area contributed by atoms with Gasteiger partial charge in [-0.05, 0) is 30.7 Å². The number of thiophene rings is 1. The van der Waals surface area contributed by atoms with Crippen molar-refractivity contribution in [2.24, 2.45) is 5.92 Å². The zero-order valence-corrected chi connectivity index (χ0v) is 17.1. The van der Waals surface area contributed by atoms with Crippen LogP contribution in [0.1, 0.15) is 35.9 Å². The topological polar surface area (TPSA) is 96.0 Å². The second-order valence-corrected chi connectivity index (χ2v) is 7.70. The Kier molecular flexibility index (Phi) is 8.43. The Labute approximate surface area is 168 Å². The highest BCUT2D eigenvalue weighted by molar-refractivity contribution is 7.12. The van der Waals surface area contributed by atoms with E-state index in [1.165, 1.54) is 23.3 Å². The fourth-order valence-electron chi connectivity index (χ4n) is 2.86. The maximum Gasteiger partial charge on any atom is 0.309 e. The van der Waals surface area contributed by atoms with Crippen LogP contribution >= 0.6 is 11.3 Å². The van der Waals surface area contributed by atoms with E-state index in [9.17, 15) is 19.2 Å². The summed E-state index contributed by atoms with van der Waals surface area (Å²) in [5.74, 6) is -1.43. The van der Waals surface area contributed by atoms with Gasteiger partial charge in [-0.25, -0.2) is 0 Å². The number of rotatable bonds is 8. The summed E-state index contributed by atoms with van der Waals surface area (Å²) in [6, 6.07) is 3.63. The van der Waals surface area contributed by atoms with Crippen LogP contribution in [0, 0.1) is 5.92 Å². The summed E-state index contributed by atoms with van der Waals surface area (Å²) in [7, 11) is 1.50. The Morgan fingerprint density at radius 2 is 2.00 bits per heavy atom. The van der Waals surface area contributed by atoms with E-state index in [-0.39, 0.29) is 30.9 Å². The molecule has 28 heavy (non-hydrogen) atoms. The third kappa shape index (κ3) is 6.33. The number of ether oxygens (including phenoxy) is 1. The van der Waals surface area contributed by atoms with Gasteiger partial charge in [-0.3, -0.25) is 19.2 Å². The second-order valence-electron chi connectivity index (χ2n) is 6.75. The highest BCUT2D eigenvalue weighted by Crippen LogP contribution is 2.21. The lowest BCUT2D eigenvalue weighted by Gasteiger charge is -2.30. The van der Waals surface area contributed by atoms with Gasteiger partial charge in [-0.15, -0.1) is 11.3 Å². The quantitative estimate of drug-likeness (QED) is 0.650. The van der Waals surface area contributed by atoms with Crippen LogP contribution in [-0.2, 0) is 19.1 Å². The number of nitrogens with one attached hydrogen (secondary N) is 1. The zero-order valence-electron chi connectivity index (χ0n) is 16.3. The minimum Gasteiger partial charge on any atom is -0.455 e. The first-order valence-electron chi connectivity index (χ1n) is 9.42. The second kappa shape index (κ2) is 10.8. The van der Waals surface area contributed by atoms with Crippen LogP contribution in [-0.4, -0.2) is 73.3 Å². The molecule has 154 valence electrons. The Balaban J connectivity index is 1.70. The van der Waals surface area contributed by atoms with E-state index in [0.717, 1.165) is 6.42 Å². The zero-order chi connectivity index (χ0) is 20.5. The van der Waals surface area contributed by atoms with Crippen molar-refractivity contribution in [3.63, 3.8) is 0 Å². The fraction of sp³-hybridized carbons (Fsp3) is 0.579. The summed E-state index contributed by atoms with van der Waals surface area (Å²) >= 11 is 1.40. The normalized spacial score (nSPS) is 14.4. The molecule has 0 atom stereocenters. The smallest absolute Gasteiger partial charge is 0.309 e. The fourth-order valence-corrected chi connectivity index (χ4v) is 3.55. The molecule has 0 unspecified atom stereocenters. The molecule has 2 rings (SSSR count). The van der Waals surface area contributed by atoms with Gasteiger partial charge in [0.15, 0.2) is 6.61 Å². The monoisotopic (exact) mass is 409 g/mol. The summed E-state index contributed by atoms with van der Waals surface area (Å²) in [6.07, 6.45) is 1.84. The Morgan fingerprint density at radius 3 is 2.61 bits per heavy atom. The van der Waals surface area contributed by atoms with Crippen molar-refractivity contribution in [1.82, 2.24) is 15.1 Å². The first-order valence-corrected chi connectivity index (χ1v) is 10.3. The molecule has 0 aromatic carbocycles. The summed E-state index contributed by atoms with van der Waals surface area (Å²) in [5, 5.41) is 4.55. The van der Waals surface area contributed by atoms with Gasteiger partial charge < -0.3 is 19.9 Å². The summed E-state index contributed by atoms with van der Waals surface area (Å²) in [6.45, 7) is 3.02. The van der Waals surface area contributed by atoms with E-state index in [1.807, 2.05) is 18.4 Å². The Morgan fingerprint density at radius 1 is 1.29 bits per heavy atom. The van der Waals surface area contributed by atoms with E-state index in [1.54, 1.807) is 11.0 Å². The lowest BCUT2D eigenvalue weighted by atomic mass is 9.97. The molecule has 0 aliphatic carbocycles. The van der Waals surface area contributed by atoms with Crippen LogP contribution in [0.3, 0.4) is 0 Å². The molecule has 1 saturated heterocycles. The lowest BCUT2D eigenvalue weighted by molar-refractivity contribution is -0.156. The average Bonchev–Trinajstić information content (AvgIpc) is 3.24. The number of nitrogens with zero attached hydrogens (tertiary/aromatic N) is 2. The molecule has 9 heteroatoms. The van der Waals surface area contributed by atoms with Crippen molar-refractivity contribution in [1.29, 1.82) is 0 Å². The van der Waals surface area contributed by atoms with Gasteiger partial charge in [0, 0.05) is 26.7 Å². The Hall–Kier alpha value is -2.42. The van der Waals surface area contributed by atoms with Crippen molar-refractivity contribution >= 4 is 35.0 Å². The standard InChI is InChI=1S/C19H27N3O5S/c1-3-8-20-16(23)12-21(2)17(24)13-27-19(26)14-6-9-22(10-7-14)18(25)15-5-4-11-28-15/h4-5,11,14H,3,6-10,12-13H2,1-2H3,(H,20,23). The molecule has 1 aromatic heterocycles. The van der Waals surface area contributed by atoms with Gasteiger partial charge in [-0.1, -0.05) is 13.0 Å². The predicted molar refractivity (Wildman–Crippen MR) is 105 cm³/mol. The molecular weight excluding hydrogens is 382 g/mol. The molecule has 0 bridgehead atoms. The van der Waals surface area contributed by atoms with Crippen LogP contribution in [0.5, 0.6) is 0 Å². The molecule has 1 aliphatic rings. The number of likely N-dealkylation sites (tertiary alicyclic amines) is 1. The molecule has 0 saturated carbocycles. The highest BCUT2D eigenvalue weighted by Gasteiger charge is 2.29. The van der Waals surface area contributed by atoms with Crippen LogP contribution in [0.15, 0.2) is 17.5 Å². The van der Waals surface area contributed by atoms with Crippen molar-refractivity contribution in [2.45, 2.75) is 26.2 Å². The molecule has 0 spiro atoms. The maximum atomic E-state index is 12.3. The lowest BCUT2D eigenvalue weighted by Crippen LogP contribution is -2.42. The van der Waals surface area contributed by atoms with Gasteiger partial charge in [0.25, 0.3) is 11.8 Å². The van der Waals surface area contributed by atoms with Crippen molar-refractivity contribution < 1.29 is 23.9 Å². The number of amides is 3. The van der Waals surface area contributed by atoms with Crippen molar-refractivity contribution in [3.05, 3.63) is 22.4 Å². The van der Waals surface area contributed by atoms with Gasteiger partial charge in [0.05, 0.1) is 17.3 Å². The third-order valence-electron chi connectivity index (χ3n) is 4.56. The van der Waals surface area contributed by atoms with E-state index in [2.05, 4.69) is 5.32 Å². The largest absolute Gasteiger partial charge is 0.455 e. The van der Waals surface area contributed by atoms with Crippen molar-refractivity contribution in [2.75, 3.05) is 39.8 Å². The molecule has 0 radical (unpaired) electrons. The minimum atomic E-state index is -0.430. The molecule has 3 amide bonds. The van der Waals surface area contributed by atoms with E-state index >= 15 is 0 Å². The predicted octanol–water partition coefficient (Wildman–Crippen LogP) is 1.13. The van der Waals surface area contributed by atoms with Gasteiger partial charge in [0.1, 0.15) is 0 Å². The molecule has 1 aliphatic heterocycles. The summed E-state index contributed by atoms with van der Waals surface area (Å²) in [5.41, 5.74) is 0. The van der Waals surface area contributed by atoms with E-state index in [4.69, 9.17) is 4.74 Å². The van der Waals surface area contributed by atoms with Gasteiger partial charge in [-0.2, -0.15) is 0 Å². The van der Waals surface area contributed by atoms with Crippen LogP contribution in [0.4, 0.5) is 0 Å². The number of hydrogen-bond acceptors (Lipinski definition) is 6. The first-order chi connectivity index (χ1) is 13.4. The number of carbonyl (C=O) groups is 4. The van der Waals surface area contributed by atoms with Crippen LogP contribution in [0.2, 0.25) is 0 Å². The van der Waals surface area contributed by atoms with E-state index in [0.29, 0.717) is 37.4 Å². The molecule has 8 nitrogen and oxygen atoms in total. The number of esters is 1. The van der Waals surface area contributed by atoms with Gasteiger partial charge in [0.2, 0.25) is 5.91 Å². The number of hydrogen-bond donors (Lipinski definition) is 1. The highest BCUT2D eigenvalue weighted by atomic mass is 32.1. The van der Waals surface area contributed by atoms with Crippen LogP contribution < -0.4 is 5.32 Å². The Bertz CT molecular complexity index is 684. The van der Waals surface area contributed by atoms with Crippen molar-refractivity contribution in [3.8, 4) is 0 Å². The molecule has 2 heterocycles. The number of piperidine rings is 1. The average molecular weight is 410 g/mol. The summed E-state index contributed by atoms with van der Waals surface area (Å²) < 4.78 is 5.13. The van der Waals surface area contributed by atoms with Crippen LogP contribution in [0.25, 0.3) is 0 Å². The molecule has 1 aromatic rings. The SMILES string of the molecule is CCCNC(=O)CN(C)C(=O)COC(=O)C1CCN(C(=O)c2cccs2)CC1. The molecule has 1 N–H and O–H groups in total. The maximum absolute atomic E-state index is 12.3. The number of carbonyl (C=O) groups excluding carboxylic acids is 4. The summed E-state index contributed by atoms with van der Waals surface area (Å²) in [4.78, 5) is 51.9. The third-order valence-corrected chi connectivity index (χ3v) is 5.42. The van der Waals surface area contributed by atoms with E-state index < -0.39 is 11.9 Å². The molecular formula is C19H27N3O5S.